The predicted octanol–water partition coefficient (Wildman–Crippen LogP) is 3.15. The predicted molar refractivity (Wildman–Crippen MR) is 67.2 cm³/mol. The van der Waals surface area contributed by atoms with Crippen LogP contribution in [0.1, 0.15) is 18.9 Å². The fourth-order valence-corrected chi connectivity index (χ4v) is 5.47. The first kappa shape index (κ1) is 11.1. The van der Waals surface area contributed by atoms with Crippen molar-refractivity contribution in [3.05, 3.63) is 42.0 Å². The Hall–Kier alpha value is -1.35. The zero-order valence-electron chi connectivity index (χ0n) is 9.69. The quantitative estimate of drug-likeness (QED) is 0.732. The zero-order valence-corrected chi connectivity index (χ0v) is 10.7. The maximum atomic E-state index is 11.2. The van der Waals surface area contributed by atoms with E-state index in [0.717, 1.165) is 12.5 Å². The first-order valence-corrected chi connectivity index (χ1v) is 8.19. The Kier molecular flexibility index (Phi) is 2.96. The second kappa shape index (κ2) is 4.26. The first-order valence-electron chi connectivity index (χ1n) is 5.57. The van der Waals surface area contributed by atoms with Gasteiger partial charge in [0.15, 0.2) is 0 Å². The van der Waals surface area contributed by atoms with Crippen LogP contribution < -0.4 is 0 Å². The van der Waals surface area contributed by atoms with Crippen LogP contribution in [0, 0.1) is 0 Å². The smallest absolute Gasteiger partial charge is 0.289 e. The summed E-state index contributed by atoms with van der Waals surface area (Å²) in [4.78, 5) is 11.2. The van der Waals surface area contributed by atoms with Gasteiger partial charge in [0.2, 0.25) is 0 Å². The molecule has 0 saturated carbocycles. The number of carbonyl (C=O) groups excluding carboxylic acids is 1. The standard InChI is InChI=1S/C13H16O2Si/c1-11(14)15-16(2)10-6-9-13(16)12-7-4-3-5-8-12/h3-5,7-9H,6,10H2,1-2H3/t16-/m0/s1. The molecular weight excluding hydrogens is 216 g/mol. The van der Waals surface area contributed by atoms with Crippen molar-refractivity contribution in [1.29, 1.82) is 0 Å². The molecule has 0 aliphatic carbocycles. The highest BCUT2D eigenvalue weighted by Gasteiger charge is 2.40. The summed E-state index contributed by atoms with van der Waals surface area (Å²) < 4.78 is 5.60. The molecule has 1 heterocycles. The van der Waals surface area contributed by atoms with Crippen molar-refractivity contribution in [2.24, 2.45) is 0 Å². The Morgan fingerprint density at radius 3 is 2.62 bits per heavy atom. The van der Waals surface area contributed by atoms with E-state index >= 15 is 0 Å². The molecule has 0 radical (unpaired) electrons. The Morgan fingerprint density at radius 1 is 1.31 bits per heavy atom. The lowest BCUT2D eigenvalue weighted by Crippen LogP contribution is -2.35. The van der Waals surface area contributed by atoms with Crippen molar-refractivity contribution in [1.82, 2.24) is 0 Å². The van der Waals surface area contributed by atoms with E-state index in [1.165, 1.54) is 17.7 Å². The van der Waals surface area contributed by atoms with Crippen LogP contribution in [0.25, 0.3) is 5.20 Å². The maximum absolute atomic E-state index is 11.2. The molecule has 0 spiro atoms. The van der Waals surface area contributed by atoms with Crippen LogP contribution in [0.2, 0.25) is 12.6 Å². The summed E-state index contributed by atoms with van der Waals surface area (Å²) in [6.45, 7) is 3.62. The van der Waals surface area contributed by atoms with Gasteiger partial charge in [0.05, 0.1) is 0 Å². The molecule has 1 atom stereocenters. The van der Waals surface area contributed by atoms with Crippen molar-refractivity contribution in [2.75, 3.05) is 0 Å². The van der Waals surface area contributed by atoms with Gasteiger partial charge >= 0.3 is 0 Å². The number of carbonyl (C=O) groups is 1. The van der Waals surface area contributed by atoms with Gasteiger partial charge in [0, 0.05) is 6.92 Å². The van der Waals surface area contributed by atoms with Crippen molar-refractivity contribution in [2.45, 2.75) is 25.9 Å². The SMILES string of the molecule is CC(=O)O[Si@@]1(C)CCC=C1c1ccccc1. The fraction of sp³-hybridized carbons (Fsp3) is 0.308. The Balaban J connectivity index is 2.31. The van der Waals surface area contributed by atoms with Crippen LogP contribution in [0.3, 0.4) is 0 Å². The lowest BCUT2D eigenvalue weighted by Gasteiger charge is -2.25. The van der Waals surface area contributed by atoms with E-state index in [1.807, 2.05) is 18.2 Å². The summed E-state index contributed by atoms with van der Waals surface area (Å²) in [5, 5.41) is 1.27. The number of rotatable bonds is 2. The highest BCUT2D eigenvalue weighted by atomic mass is 28.4. The van der Waals surface area contributed by atoms with Crippen LogP contribution in [0.5, 0.6) is 0 Å². The van der Waals surface area contributed by atoms with Crippen LogP contribution in [0.4, 0.5) is 0 Å². The third-order valence-corrected chi connectivity index (χ3v) is 6.61. The molecule has 1 aromatic carbocycles. The molecule has 2 rings (SSSR count). The number of hydrogen-bond acceptors (Lipinski definition) is 2. The van der Waals surface area contributed by atoms with Gasteiger partial charge in [-0.1, -0.05) is 36.4 Å². The number of allylic oxidation sites excluding steroid dienone is 1. The molecular formula is C13H16O2Si. The second-order valence-corrected chi connectivity index (χ2v) is 8.05. The summed E-state index contributed by atoms with van der Waals surface area (Å²) in [6, 6.07) is 11.2. The molecule has 0 amide bonds. The molecule has 1 aromatic rings. The van der Waals surface area contributed by atoms with E-state index in [0.29, 0.717) is 0 Å². The average Bonchev–Trinajstić information content (AvgIpc) is 2.60. The number of benzene rings is 1. The molecule has 1 aliphatic heterocycles. The molecule has 84 valence electrons. The molecule has 0 aromatic heterocycles. The maximum Gasteiger partial charge on any atom is 0.289 e. The summed E-state index contributed by atoms with van der Waals surface area (Å²) in [5.41, 5.74) is 1.20. The molecule has 0 bridgehead atoms. The lowest BCUT2D eigenvalue weighted by molar-refractivity contribution is -0.132. The topological polar surface area (TPSA) is 26.3 Å². The largest absolute Gasteiger partial charge is 0.515 e. The monoisotopic (exact) mass is 232 g/mol. The Morgan fingerprint density at radius 2 is 2.00 bits per heavy atom. The van der Waals surface area contributed by atoms with E-state index in [2.05, 4.69) is 24.8 Å². The van der Waals surface area contributed by atoms with Gasteiger partial charge in [-0.15, -0.1) is 0 Å². The molecule has 0 N–H and O–H groups in total. The van der Waals surface area contributed by atoms with E-state index in [9.17, 15) is 4.79 Å². The molecule has 1 aliphatic rings. The van der Waals surface area contributed by atoms with E-state index in [-0.39, 0.29) is 5.97 Å². The van der Waals surface area contributed by atoms with Crippen LogP contribution >= 0.6 is 0 Å². The summed E-state index contributed by atoms with van der Waals surface area (Å²) in [6.07, 6.45) is 3.25. The third-order valence-electron chi connectivity index (χ3n) is 2.99. The molecule has 2 nitrogen and oxygen atoms in total. The van der Waals surface area contributed by atoms with Gasteiger partial charge in [-0.3, -0.25) is 4.79 Å². The number of hydrogen-bond donors (Lipinski definition) is 0. The summed E-state index contributed by atoms with van der Waals surface area (Å²) in [5.74, 6) is -0.155. The van der Waals surface area contributed by atoms with Gasteiger partial charge in [0.25, 0.3) is 14.3 Å². The van der Waals surface area contributed by atoms with E-state index in [4.69, 9.17) is 4.43 Å². The fourth-order valence-electron chi connectivity index (χ4n) is 2.31. The Bertz CT molecular complexity index is 425. The molecule has 0 fully saturated rings. The minimum atomic E-state index is -2.01. The van der Waals surface area contributed by atoms with Gasteiger partial charge in [-0.05, 0) is 29.8 Å². The summed E-state index contributed by atoms with van der Waals surface area (Å²) >= 11 is 0. The Labute approximate surface area is 97.1 Å². The third kappa shape index (κ3) is 2.09. The minimum absolute atomic E-state index is 0.155. The van der Waals surface area contributed by atoms with Crippen molar-refractivity contribution in [3.63, 3.8) is 0 Å². The normalized spacial score (nSPS) is 24.0. The minimum Gasteiger partial charge on any atom is -0.515 e. The highest BCUT2D eigenvalue weighted by Crippen LogP contribution is 2.37. The zero-order chi connectivity index (χ0) is 11.6. The first-order chi connectivity index (χ1) is 7.62. The highest BCUT2D eigenvalue weighted by molar-refractivity contribution is 6.92. The average molecular weight is 232 g/mol. The molecule has 3 heteroatoms. The van der Waals surface area contributed by atoms with Crippen molar-refractivity contribution < 1.29 is 9.22 Å². The molecule has 0 saturated heterocycles. The van der Waals surface area contributed by atoms with E-state index < -0.39 is 8.32 Å². The van der Waals surface area contributed by atoms with E-state index in [1.54, 1.807) is 0 Å². The van der Waals surface area contributed by atoms with Crippen molar-refractivity contribution >= 4 is 19.5 Å². The molecule has 16 heavy (non-hydrogen) atoms. The lowest BCUT2D eigenvalue weighted by atomic mass is 10.2. The van der Waals surface area contributed by atoms with Gasteiger partial charge in [-0.25, -0.2) is 0 Å². The second-order valence-electron chi connectivity index (χ2n) is 4.35. The van der Waals surface area contributed by atoms with Gasteiger partial charge < -0.3 is 4.43 Å². The summed E-state index contributed by atoms with van der Waals surface area (Å²) in [7, 11) is -2.01. The van der Waals surface area contributed by atoms with Crippen molar-refractivity contribution in [3.8, 4) is 0 Å². The van der Waals surface area contributed by atoms with Gasteiger partial charge in [-0.2, -0.15) is 0 Å². The van der Waals surface area contributed by atoms with Crippen LogP contribution in [-0.4, -0.2) is 14.3 Å². The van der Waals surface area contributed by atoms with Crippen LogP contribution in [-0.2, 0) is 9.22 Å². The van der Waals surface area contributed by atoms with Crippen LogP contribution in [0.15, 0.2) is 36.4 Å². The molecule has 0 unspecified atom stereocenters. The van der Waals surface area contributed by atoms with Gasteiger partial charge in [0.1, 0.15) is 0 Å².